The van der Waals surface area contributed by atoms with E-state index in [-0.39, 0.29) is 6.04 Å². The van der Waals surface area contributed by atoms with Crippen LogP contribution < -0.4 is 11.1 Å². The minimum atomic E-state index is -4.27. The van der Waals surface area contributed by atoms with E-state index in [0.29, 0.717) is 19.4 Å². The van der Waals surface area contributed by atoms with E-state index in [2.05, 4.69) is 5.32 Å². The zero-order valence-corrected chi connectivity index (χ0v) is 8.73. The molecule has 0 saturated heterocycles. The van der Waals surface area contributed by atoms with Gasteiger partial charge in [0, 0.05) is 12.5 Å². The Morgan fingerprint density at radius 3 is 2.47 bits per heavy atom. The first-order valence-electron chi connectivity index (χ1n) is 4.95. The third kappa shape index (κ3) is 8.23. The van der Waals surface area contributed by atoms with Crippen molar-refractivity contribution >= 4 is 5.91 Å². The van der Waals surface area contributed by atoms with Crippen LogP contribution >= 0.6 is 0 Å². The fraction of sp³-hybridized carbons (Fsp3) is 0.889. The molecule has 0 saturated carbocycles. The van der Waals surface area contributed by atoms with E-state index in [1.165, 1.54) is 0 Å². The predicted molar refractivity (Wildman–Crippen MR) is 51.2 cm³/mol. The topological polar surface area (TPSA) is 55.1 Å². The third-order valence-electron chi connectivity index (χ3n) is 2.01. The molecular formula is C9H17F3N2O. The summed E-state index contributed by atoms with van der Waals surface area (Å²) in [5.74, 6) is -0.562. The van der Waals surface area contributed by atoms with Crippen molar-refractivity contribution in [2.24, 2.45) is 5.73 Å². The molecule has 0 rings (SSSR count). The Morgan fingerprint density at radius 1 is 1.47 bits per heavy atom. The molecule has 0 spiro atoms. The van der Waals surface area contributed by atoms with Crippen molar-refractivity contribution < 1.29 is 18.0 Å². The standard InChI is InChI=1S/C9H17F3N2O/c1-2-7(4-6-13)14-8(15)3-5-9(10,11)12/h7H,2-6,13H2,1H3,(H,14,15). The molecule has 0 aliphatic carbocycles. The molecule has 0 heterocycles. The first kappa shape index (κ1) is 14.2. The van der Waals surface area contributed by atoms with Crippen molar-refractivity contribution in [3.8, 4) is 0 Å². The highest BCUT2D eigenvalue weighted by Crippen LogP contribution is 2.21. The van der Waals surface area contributed by atoms with Gasteiger partial charge >= 0.3 is 6.18 Å². The molecule has 15 heavy (non-hydrogen) atoms. The molecule has 1 unspecified atom stereocenters. The van der Waals surface area contributed by atoms with Gasteiger partial charge in [-0.2, -0.15) is 13.2 Å². The van der Waals surface area contributed by atoms with Crippen LogP contribution in [-0.2, 0) is 4.79 Å². The maximum absolute atomic E-state index is 11.8. The zero-order chi connectivity index (χ0) is 11.9. The summed E-state index contributed by atoms with van der Waals surface area (Å²) in [6.07, 6.45) is -4.58. The first-order chi connectivity index (χ1) is 6.89. The van der Waals surface area contributed by atoms with Crippen LogP contribution in [0, 0.1) is 0 Å². The molecule has 3 nitrogen and oxygen atoms in total. The smallest absolute Gasteiger partial charge is 0.353 e. The fourth-order valence-corrected chi connectivity index (χ4v) is 1.13. The van der Waals surface area contributed by atoms with Crippen LogP contribution in [0.4, 0.5) is 13.2 Å². The Bertz CT molecular complexity index is 194. The molecule has 0 aromatic rings. The molecule has 0 radical (unpaired) electrons. The van der Waals surface area contributed by atoms with Gasteiger partial charge in [0.05, 0.1) is 6.42 Å². The summed E-state index contributed by atoms with van der Waals surface area (Å²) in [5, 5.41) is 2.52. The van der Waals surface area contributed by atoms with Crippen LogP contribution in [0.1, 0.15) is 32.6 Å². The van der Waals surface area contributed by atoms with Crippen LogP contribution in [0.5, 0.6) is 0 Å². The molecular weight excluding hydrogens is 209 g/mol. The summed E-state index contributed by atoms with van der Waals surface area (Å²) in [6, 6.07) is -0.115. The number of carbonyl (C=O) groups is 1. The minimum Gasteiger partial charge on any atom is -0.353 e. The quantitative estimate of drug-likeness (QED) is 0.722. The average molecular weight is 226 g/mol. The summed E-state index contributed by atoms with van der Waals surface area (Å²) in [4.78, 5) is 11.1. The van der Waals surface area contributed by atoms with Gasteiger partial charge in [0.25, 0.3) is 0 Å². The van der Waals surface area contributed by atoms with Gasteiger partial charge in [0.15, 0.2) is 0 Å². The summed E-state index contributed by atoms with van der Waals surface area (Å²) in [5.41, 5.74) is 5.29. The summed E-state index contributed by atoms with van der Waals surface area (Å²) >= 11 is 0. The summed E-state index contributed by atoms with van der Waals surface area (Å²) < 4.78 is 35.4. The Labute approximate surface area is 87.2 Å². The molecule has 90 valence electrons. The number of rotatable bonds is 6. The van der Waals surface area contributed by atoms with Gasteiger partial charge in [-0.3, -0.25) is 4.79 Å². The van der Waals surface area contributed by atoms with Gasteiger partial charge in [-0.25, -0.2) is 0 Å². The minimum absolute atomic E-state index is 0.115. The first-order valence-corrected chi connectivity index (χ1v) is 4.95. The Balaban J connectivity index is 3.81. The zero-order valence-electron chi connectivity index (χ0n) is 8.73. The Hall–Kier alpha value is -0.780. The van der Waals surface area contributed by atoms with E-state index in [1.54, 1.807) is 0 Å². The van der Waals surface area contributed by atoms with Crippen LogP contribution in [0.3, 0.4) is 0 Å². The number of amides is 1. The van der Waals surface area contributed by atoms with Gasteiger partial charge in [-0.15, -0.1) is 0 Å². The molecule has 0 aliphatic heterocycles. The second-order valence-corrected chi connectivity index (χ2v) is 3.37. The number of nitrogens with two attached hydrogens (primary N) is 1. The van der Waals surface area contributed by atoms with E-state index in [1.807, 2.05) is 6.92 Å². The lowest BCUT2D eigenvalue weighted by Crippen LogP contribution is -2.36. The maximum atomic E-state index is 11.8. The molecule has 1 atom stereocenters. The molecule has 1 amide bonds. The van der Waals surface area contributed by atoms with Crippen LogP contribution in [0.25, 0.3) is 0 Å². The third-order valence-corrected chi connectivity index (χ3v) is 2.01. The van der Waals surface area contributed by atoms with E-state index in [9.17, 15) is 18.0 Å². The van der Waals surface area contributed by atoms with E-state index < -0.39 is 24.9 Å². The van der Waals surface area contributed by atoms with E-state index in [0.717, 1.165) is 0 Å². The van der Waals surface area contributed by atoms with Gasteiger partial charge in [0.2, 0.25) is 5.91 Å². The Kier molecular flexibility index (Phi) is 6.31. The summed E-state index contributed by atoms with van der Waals surface area (Å²) in [6.45, 7) is 2.27. The molecule has 6 heteroatoms. The van der Waals surface area contributed by atoms with Crippen molar-refractivity contribution in [1.29, 1.82) is 0 Å². The predicted octanol–water partition coefficient (Wildman–Crippen LogP) is 1.57. The molecule has 0 aromatic heterocycles. The number of hydrogen-bond donors (Lipinski definition) is 2. The fourth-order valence-electron chi connectivity index (χ4n) is 1.13. The SMILES string of the molecule is CCC(CCN)NC(=O)CCC(F)(F)F. The van der Waals surface area contributed by atoms with Crippen LogP contribution in [-0.4, -0.2) is 24.7 Å². The van der Waals surface area contributed by atoms with Gasteiger partial charge in [0.1, 0.15) is 0 Å². The second kappa shape index (κ2) is 6.66. The number of hydrogen-bond acceptors (Lipinski definition) is 2. The van der Waals surface area contributed by atoms with Gasteiger partial charge in [-0.1, -0.05) is 6.92 Å². The number of carbonyl (C=O) groups excluding carboxylic acids is 1. The molecule has 3 N–H and O–H groups in total. The average Bonchev–Trinajstić information content (AvgIpc) is 2.13. The van der Waals surface area contributed by atoms with Crippen LogP contribution in [0.2, 0.25) is 0 Å². The van der Waals surface area contributed by atoms with Crippen molar-refractivity contribution in [2.45, 2.75) is 44.8 Å². The lowest BCUT2D eigenvalue weighted by Gasteiger charge is -2.16. The van der Waals surface area contributed by atoms with E-state index >= 15 is 0 Å². The number of halogens is 3. The Morgan fingerprint density at radius 2 is 2.07 bits per heavy atom. The summed E-state index contributed by atoms with van der Waals surface area (Å²) in [7, 11) is 0. The monoisotopic (exact) mass is 226 g/mol. The van der Waals surface area contributed by atoms with Crippen LogP contribution in [0.15, 0.2) is 0 Å². The second-order valence-electron chi connectivity index (χ2n) is 3.37. The lowest BCUT2D eigenvalue weighted by atomic mass is 10.1. The van der Waals surface area contributed by atoms with Crippen molar-refractivity contribution in [3.63, 3.8) is 0 Å². The van der Waals surface area contributed by atoms with Crippen molar-refractivity contribution in [1.82, 2.24) is 5.32 Å². The van der Waals surface area contributed by atoms with E-state index in [4.69, 9.17) is 5.73 Å². The highest BCUT2D eigenvalue weighted by atomic mass is 19.4. The molecule has 0 aliphatic rings. The van der Waals surface area contributed by atoms with Gasteiger partial charge < -0.3 is 11.1 Å². The highest BCUT2D eigenvalue weighted by molar-refractivity contribution is 5.76. The van der Waals surface area contributed by atoms with Gasteiger partial charge in [-0.05, 0) is 19.4 Å². The maximum Gasteiger partial charge on any atom is 0.389 e. The normalized spacial score (nSPS) is 13.7. The van der Waals surface area contributed by atoms with Crippen molar-refractivity contribution in [3.05, 3.63) is 0 Å². The molecule has 0 aromatic carbocycles. The highest BCUT2D eigenvalue weighted by Gasteiger charge is 2.28. The molecule has 0 fully saturated rings. The molecule has 0 bridgehead atoms. The van der Waals surface area contributed by atoms with Crippen molar-refractivity contribution in [2.75, 3.05) is 6.54 Å². The lowest BCUT2D eigenvalue weighted by molar-refractivity contribution is -0.144. The number of nitrogens with one attached hydrogen (secondary N) is 1. The largest absolute Gasteiger partial charge is 0.389 e. The number of alkyl halides is 3.